The first-order valence-corrected chi connectivity index (χ1v) is 10.4. The van der Waals surface area contributed by atoms with Crippen molar-refractivity contribution in [3.8, 4) is 16.3 Å². The van der Waals surface area contributed by atoms with Crippen LogP contribution < -0.4 is 4.74 Å². The van der Waals surface area contributed by atoms with Gasteiger partial charge in [-0.1, -0.05) is 18.2 Å². The van der Waals surface area contributed by atoms with E-state index >= 15 is 0 Å². The topological polar surface area (TPSA) is 55.3 Å². The quantitative estimate of drug-likeness (QED) is 0.633. The number of hydrogen-bond acceptors (Lipinski definition) is 5. The molecular weight excluding hydrogens is 370 g/mol. The molecule has 1 aromatic carbocycles. The number of carbonyl (C=O) groups excluding carboxylic acids is 1. The summed E-state index contributed by atoms with van der Waals surface area (Å²) in [5.41, 5.74) is 2.97. The van der Waals surface area contributed by atoms with Crippen LogP contribution in [0, 0.1) is 6.92 Å². The van der Waals surface area contributed by atoms with E-state index in [-0.39, 0.29) is 18.6 Å². The van der Waals surface area contributed by atoms with Gasteiger partial charge in [-0.3, -0.25) is 9.78 Å². The summed E-state index contributed by atoms with van der Waals surface area (Å²) < 4.78 is 5.67. The standard InChI is InChI=1S/C22H23N3O2S/c1-16-10-11-17(13-23-16)22-24-19(15-28-22)20-9-5-6-12-25(20)21(26)14-27-18-7-3-2-4-8-18/h2-4,7-8,10-11,13,15,20H,5-6,9,12,14H2,1H3/t20-/m1/s1. The molecule has 0 radical (unpaired) electrons. The number of carbonyl (C=O) groups is 1. The van der Waals surface area contributed by atoms with Gasteiger partial charge in [-0.2, -0.15) is 0 Å². The zero-order valence-electron chi connectivity index (χ0n) is 15.9. The second-order valence-corrected chi connectivity index (χ2v) is 7.82. The number of hydrogen-bond donors (Lipinski definition) is 0. The number of likely N-dealkylation sites (tertiary alicyclic amines) is 1. The summed E-state index contributed by atoms with van der Waals surface area (Å²) in [6.45, 7) is 2.78. The Labute approximate surface area is 169 Å². The minimum Gasteiger partial charge on any atom is -0.484 e. The first-order chi connectivity index (χ1) is 13.7. The van der Waals surface area contributed by atoms with E-state index in [1.54, 1.807) is 11.3 Å². The number of thiazole rings is 1. The van der Waals surface area contributed by atoms with Crippen LogP contribution in [-0.4, -0.2) is 33.9 Å². The Kier molecular flexibility index (Phi) is 5.67. The molecule has 4 rings (SSSR count). The zero-order chi connectivity index (χ0) is 19.3. The molecule has 1 aliphatic rings. The zero-order valence-corrected chi connectivity index (χ0v) is 16.7. The lowest BCUT2D eigenvalue weighted by molar-refractivity contribution is -0.137. The number of piperidine rings is 1. The third kappa shape index (κ3) is 4.22. The number of amides is 1. The second-order valence-electron chi connectivity index (χ2n) is 6.97. The van der Waals surface area contributed by atoms with Crippen molar-refractivity contribution < 1.29 is 9.53 Å². The van der Waals surface area contributed by atoms with E-state index in [2.05, 4.69) is 10.4 Å². The van der Waals surface area contributed by atoms with Crippen molar-refractivity contribution in [2.45, 2.75) is 32.2 Å². The molecule has 28 heavy (non-hydrogen) atoms. The van der Waals surface area contributed by atoms with Crippen LogP contribution in [0.5, 0.6) is 5.75 Å². The van der Waals surface area contributed by atoms with Crippen LogP contribution in [0.3, 0.4) is 0 Å². The van der Waals surface area contributed by atoms with Gasteiger partial charge < -0.3 is 9.64 Å². The Bertz CT molecular complexity index is 924. The maximum Gasteiger partial charge on any atom is 0.261 e. The fraction of sp³-hybridized carbons (Fsp3) is 0.318. The van der Waals surface area contributed by atoms with Crippen LogP contribution in [0.2, 0.25) is 0 Å². The van der Waals surface area contributed by atoms with Crippen LogP contribution in [0.4, 0.5) is 0 Å². The first kappa shape index (κ1) is 18.6. The van der Waals surface area contributed by atoms with Gasteiger partial charge in [0.05, 0.1) is 11.7 Å². The Morgan fingerprint density at radius 3 is 2.86 bits per heavy atom. The Morgan fingerprint density at radius 1 is 1.21 bits per heavy atom. The largest absolute Gasteiger partial charge is 0.484 e. The fourth-order valence-electron chi connectivity index (χ4n) is 3.45. The molecule has 1 amide bonds. The molecule has 5 nitrogen and oxygen atoms in total. The van der Waals surface area contributed by atoms with Gasteiger partial charge in [0.25, 0.3) is 5.91 Å². The summed E-state index contributed by atoms with van der Waals surface area (Å²) in [4.78, 5) is 24.0. The molecule has 6 heteroatoms. The van der Waals surface area contributed by atoms with Crippen LogP contribution >= 0.6 is 11.3 Å². The number of pyridine rings is 1. The Balaban J connectivity index is 1.47. The highest BCUT2D eigenvalue weighted by atomic mass is 32.1. The summed E-state index contributed by atoms with van der Waals surface area (Å²) in [6.07, 6.45) is 4.92. The van der Waals surface area contributed by atoms with Gasteiger partial charge in [-0.05, 0) is 50.5 Å². The Hall–Kier alpha value is -2.73. The van der Waals surface area contributed by atoms with Gasteiger partial charge in [0.15, 0.2) is 6.61 Å². The summed E-state index contributed by atoms with van der Waals surface area (Å²) >= 11 is 1.61. The maximum absolute atomic E-state index is 12.8. The van der Waals surface area contributed by atoms with Gasteiger partial charge >= 0.3 is 0 Å². The molecule has 1 fully saturated rings. The predicted molar refractivity (Wildman–Crippen MR) is 110 cm³/mol. The molecule has 0 spiro atoms. The molecule has 1 atom stereocenters. The molecular formula is C22H23N3O2S. The summed E-state index contributed by atoms with van der Waals surface area (Å²) in [5.74, 6) is 0.729. The molecule has 3 heterocycles. The molecule has 1 aliphatic heterocycles. The van der Waals surface area contributed by atoms with Crippen molar-refractivity contribution in [1.29, 1.82) is 0 Å². The molecule has 3 aromatic rings. The van der Waals surface area contributed by atoms with E-state index in [0.29, 0.717) is 5.75 Å². The molecule has 0 N–H and O–H groups in total. The highest BCUT2D eigenvalue weighted by Gasteiger charge is 2.30. The summed E-state index contributed by atoms with van der Waals surface area (Å²) in [7, 11) is 0. The lowest BCUT2D eigenvalue weighted by Crippen LogP contribution is -2.41. The second kappa shape index (κ2) is 8.52. The van der Waals surface area contributed by atoms with Crippen molar-refractivity contribution >= 4 is 17.2 Å². The van der Waals surface area contributed by atoms with Crippen molar-refractivity contribution in [3.63, 3.8) is 0 Å². The SMILES string of the molecule is Cc1ccc(-c2nc([C@H]3CCCCN3C(=O)COc3ccccc3)cs2)cn1. The van der Waals surface area contributed by atoms with Gasteiger partial charge in [-0.25, -0.2) is 4.98 Å². The highest BCUT2D eigenvalue weighted by Crippen LogP contribution is 2.34. The number of benzene rings is 1. The van der Waals surface area contributed by atoms with Gasteiger partial charge in [0.1, 0.15) is 10.8 Å². The predicted octanol–water partition coefficient (Wildman–Crippen LogP) is 4.65. The molecule has 0 aliphatic carbocycles. The monoisotopic (exact) mass is 393 g/mol. The molecule has 2 aromatic heterocycles. The minimum absolute atomic E-state index is 0.0140. The van der Waals surface area contributed by atoms with Gasteiger partial charge in [0.2, 0.25) is 0 Å². The van der Waals surface area contributed by atoms with E-state index < -0.39 is 0 Å². The first-order valence-electron chi connectivity index (χ1n) is 9.56. The number of rotatable bonds is 5. The van der Waals surface area contributed by atoms with Gasteiger partial charge in [-0.15, -0.1) is 11.3 Å². The fourth-order valence-corrected chi connectivity index (χ4v) is 4.31. The lowest BCUT2D eigenvalue weighted by Gasteiger charge is -2.34. The van der Waals surface area contributed by atoms with Crippen LogP contribution in [0.25, 0.3) is 10.6 Å². The van der Waals surface area contributed by atoms with E-state index in [1.165, 1.54) is 0 Å². The number of aromatic nitrogens is 2. The van der Waals surface area contributed by atoms with Crippen LogP contribution in [0.15, 0.2) is 54.0 Å². The molecule has 144 valence electrons. The number of para-hydroxylation sites is 1. The molecule has 0 saturated carbocycles. The van der Waals surface area contributed by atoms with E-state index in [4.69, 9.17) is 9.72 Å². The summed E-state index contributed by atoms with van der Waals surface area (Å²) in [6, 6.07) is 13.5. The van der Waals surface area contributed by atoms with Crippen molar-refractivity contribution in [3.05, 3.63) is 65.4 Å². The molecule has 0 bridgehead atoms. The molecule has 0 unspecified atom stereocenters. The number of nitrogens with zero attached hydrogens (tertiary/aromatic N) is 3. The molecule has 1 saturated heterocycles. The Morgan fingerprint density at radius 2 is 2.07 bits per heavy atom. The van der Waals surface area contributed by atoms with Gasteiger partial charge in [0, 0.05) is 29.4 Å². The third-order valence-corrected chi connectivity index (χ3v) is 5.86. The van der Waals surface area contributed by atoms with Crippen molar-refractivity contribution in [1.82, 2.24) is 14.9 Å². The van der Waals surface area contributed by atoms with Crippen LogP contribution in [-0.2, 0) is 4.79 Å². The highest BCUT2D eigenvalue weighted by molar-refractivity contribution is 7.13. The number of aryl methyl sites for hydroxylation is 1. The van der Waals surface area contributed by atoms with Crippen molar-refractivity contribution in [2.24, 2.45) is 0 Å². The van der Waals surface area contributed by atoms with E-state index in [1.807, 2.05) is 60.5 Å². The van der Waals surface area contributed by atoms with Crippen LogP contribution in [0.1, 0.15) is 36.7 Å². The average Bonchev–Trinajstić information content (AvgIpc) is 3.23. The summed E-state index contributed by atoms with van der Waals surface area (Å²) in [5, 5.41) is 3.02. The van der Waals surface area contributed by atoms with E-state index in [0.717, 1.165) is 47.8 Å². The maximum atomic E-state index is 12.8. The third-order valence-electron chi connectivity index (χ3n) is 4.95. The smallest absolute Gasteiger partial charge is 0.261 e. The number of ether oxygens (including phenoxy) is 1. The van der Waals surface area contributed by atoms with E-state index in [9.17, 15) is 4.79 Å². The average molecular weight is 394 g/mol. The minimum atomic E-state index is 0.0140. The lowest BCUT2D eigenvalue weighted by atomic mass is 10.00. The van der Waals surface area contributed by atoms with Crippen molar-refractivity contribution in [2.75, 3.05) is 13.2 Å². The normalized spacial score (nSPS) is 16.8.